The van der Waals surface area contributed by atoms with Crippen molar-refractivity contribution in [2.45, 2.75) is 13.0 Å². The van der Waals surface area contributed by atoms with E-state index in [2.05, 4.69) is 35.7 Å². The van der Waals surface area contributed by atoms with Gasteiger partial charge in [-0.2, -0.15) is 4.98 Å². The Morgan fingerprint density at radius 1 is 1.06 bits per heavy atom. The van der Waals surface area contributed by atoms with Crippen molar-refractivity contribution in [2.75, 3.05) is 62.1 Å². The molecule has 0 aliphatic carbocycles. The van der Waals surface area contributed by atoms with Gasteiger partial charge in [-0.15, -0.1) is 5.10 Å². The van der Waals surface area contributed by atoms with Gasteiger partial charge in [-0.25, -0.2) is 0 Å². The molecule has 11 heteroatoms. The molecule has 3 aromatic rings. The Hall–Kier alpha value is -3.86. The van der Waals surface area contributed by atoms with E-state index in [1.54, 1.807) is 26.6 Å². The van der Waals surface area contributed by atoms with E-state index in [1.807, 2.05) is 23.1 Å². The summed E-state index contributed by atoms with van der Waals surface area (Å²) >= 11 is 0. The van der Waals surface area contributed by atoms with E-state index in [9.17, 15) is 4.79 Å². The fourth-order valence-electron chi connectivity index (χ4n) is 4.40. The molecule has 0 saturated carbocycles. The van der Waals surface area contributed by atoms with Gasteiger partial charge in [-0.3, -0.25) is 14.9 Å². The number of hydrogen-bond donors (Lipinski definition) is 3. The number of nitrogens with zero attached hydrogens (tertiary/aromatic N) is 5. The number of ether oxygens (including phenoxy) is 2. The third-order valence-corrected chi connectivity index (χ3v) is 6.19. The van der Waals surface area contributed by atoms with Gasteiger partial charge < -0.3 is 29.9 Å². The summed E-state index contributed by atoms with van der Waals surface area (Å²) in [4.78, 5) is 25.9. The number of carbonyl (C=O) groups excluding carboxylic acids is 1. The van der Waals surface area contributed by atoms with E-state index in [1.165, 1.54) is 5.56 Å². The first-order valence-electron chi connectivity index (χ1n) is 11.3. The van der Waals surface area contributed by atoms with Crippen LogP contribution in [-0.2, 0) is 13.0 Å². The molecule has 0 spiro atoms. The van der Waals surface area contributed by atoms with Crippen LogP contribution in [0.1, 0.15) is 21.7 Å². The Morgan fingerprint density at radius 3 is 2.59 bits per heavy atom. The van der Waals surface area contributed by atoms with Gasteiger partial charge in [-0.05, 0) is 35.7 Å². The fraction of sp³-hybridized carbons (Fsp3) is 0.391. The first kappa shape index (κ1) is 22.0. The summed E-state index contributed by atoms with van der Waals surface area (Å²) in [6.07, 6.45) is 4.21. The van der Waals surface area contributed by atoms with Crippen LogP contribution < -0.4 is 29.9 Å². The summed E-state index contributed by atoms with van der Waals surface area (Å²) in [6.45, 7) is 4.89. The van der Waals surface area contributed by atoms with Crippen LogP contribution in [-0.4, -0.2) is 73.0 Å². The van der Waals surface area contributed by atoms with Crippen LogP contribution in [0.5, 0.6) is 11.5 Å². The zero-order valence-corrected chi connectivity index (χ0v) is 19.3. The van der Waals surface area contributed by atoms with Crippen LogP contribution in [0.25, 0.3) is 0 Å². The van der Waals surface area contributed by atoms with Crippen molar-refractivity contribution in [1.29, 1.82) is 0 Å². The lowest BCUT2D eigenvalue weighted by atomic mass is 9.99. The maximum Gasteiger partial charge on any atom is 0.293 e. The molecule has 1 fully saturated rings. The number of methoxy groups -OCH3 is 2. The second-order valence-electron chi connectivity index (χ2n) is 8.22. The first-order chi connectivity index (χ1) is 16.7. The van der Waals surface area contributed by atoms with Crippen LogP contribution in [0.2, 0.25) is 0 Å². The molecule has 2 aromatic heterocycles. The van der Waals surface area contributed by atoms with Crippen molar-refractivity contribution in [3.63, 3.8) is 0 Å². The number of pyridine rings is 1. The molecule has 3 N–H and O–H groups in total. The predicted octanol–water partition coefficient (Wildman–Crippen LogP) is 1.44. The van der Waals surface area contributed by atoms with Crippen molar-refractivity contribution in [2.24, 2.45) is 0 Å². The molecule has 0 bridgehead atoms. The van der Waals surface area contributed by atoms with Crippen LogP contribution >= 0.6 is 0 Å². The van der Waals surface area contributed by atoms with Gasteiger partial charge in [0.25, 0.3) is 5.91 Å². The first-order valence-corrected chi connectivity index (χ1v) is 11.3. The lowest BCUT2D eigenvalue weighted by molar-refractivity contribution is 0.101. The van der Waals surface area contributed by atoms with Crippen molar-refractivity contribution in [3.05, 3.63) is 47.5 Å². The summed E-state index contributed by atoms with van der Waals surface area (Å²) in [7, 11) is 3.26. The van der Waals surface area contributed by atoms with Crippen molar-refractivity contribution in [3.8, 4) is 11.5 Å². The number of amides is 1. The third-order valence-electron chi connectivity index (χ3n) is 6.19. The topological polar surface area (TPSA) is 121 Å². The average molecular weight is 465 g/mol. The molecule has 0 radical (unpaired) electrons. The Morgan fingerprint density at radius 2 is 1.82 bits per heavy atom. The quantitative estimate of drug-likeness (QED) is 0.498. The molecule has 0 atom stereocenters. The summed E-state index contributed by atoms with van der Waals surface area (Å²) in [6, 6.07) is 5.92. The van der Waals surface area contributed by atoms with Crippen molar-refractivity contribution < 1.29 is 14.3 Å². The third kappa shape index (κ3) is 4.34. The van der Waals surface area contributed by atoms with E-state index in [0.29, 0.717) is 23.9 Å². The van der Waals surface area contributed by atoms with Crippen LogP contribution in [0.3, 0.4) is 0 Å². The average Bonchev–Trinajstić information content (AvgIpc) is 3.39. The molecule has 34 heavy (non-hydrogen) atoms. The maximum absolute atomic E-state index is 12.9. The highest BCUT2D eigenvalue weighted by Crippen LogP contribution is 2.34. The number of nitrogens with one attached hydrogen (secondary N) is 3. The van der Waals surface area contributed by atoms with Gasteiger partial charge in [0, 0.05) is 45.5 Å². The van der Waals surface area contributed by atoms with Gasteiger partial charge in [-0.1, -0.05) is 0 Å². The minimum absolute atomic E-state index is 0.156. The molecular formula is C23H28N8O3. The minimum atomic E-state index is -0.355. The number of rotatable bonds is 6. The summed E-state index contributed by atoms with van der Waals surface area (Å²) < 4.78 is 10.9. The zero-order chi connectivity index (χ0) is 23.5. The SMILES string of the molecule is COc1cc2c(cc1OC)CN(c1n[nH]c(C(=O)Nc3cnccc3N3CCNCC3)n1)CC2. The summed E-state index contributed by atoms with van der Waals surface area (Å²) in [5, 5.41) is 13.4. The van der Waals surface area contributed by atoms with E-state index >= 15 is 0 Å². The largest absolute Gasteiger partial charge is 0.493 e. The molecule has 1 aromatic carbocycles. The van der Waals surface area contributed by atoms with Crippen LogP contribution in [0, 0.1) is 0 Å². The molecule has 1 amide bonds. The summed E-state index contributed by atoms with van der Waals surface area (Å²) in [5.74, 6) is 1.70. The summed E-state index contributed by atoms with van der Waals surface area (Å²) in [5.41, 5.74) is 3.93. The number of hydrogen-bond acceptors (Lipinski definition) is 9. The van der Waals surface area contributed by atoms with Crippen LogP contribution in [0.15, 0.2) is 30.6 Å². The number of aromatic amines is 1. The number of fused-ring (bicyclic) bond motifs is 1. The lowest BCUT2D eigenvalue weighted by Crippen LogP contribution is -2.43. The second kappa shape index (κ2) is 9.56. The number of H-pyrrole nitrogens is 1. The van der Waals surface area contributed by atoms with Gasteiger partial charge >= 0.3 is 0 Å². The number of anilines is 3. The van der Waals surface area contributed by atoms with E-state index in [4.69, 9.17) is 9.47 Å². The number of piperazine rings is 1. The lowest BCUT2D eigenvalue weighted by Gasteiger charge is -2.30. The standard InChI is InChI=1S/C23H28N8O3/c1-33-19-11-15-4-8-31(14-16(15)12-20(19)34-2)23-27-21(28-29-23)22(32)26-17-13-25-5-3-18(17)30-9-6-24-7-10-30/h3,5,11-13,24H,4,6-10,14H2,1-2H3,(H,26,32)(H,27,28,29). The predicted molar refractivity (Wildman–Crippen MR) is 128 cm³/mol. The highest BCUT2D eigenvalue weighted by Gasteiger charge is 2.24. The highest BCUT2D eigenvalue weighted by atomic mass is 16.5. The molecular weight excluding hydrogens is 436 g/mol. The molecule has 2 aliphatic rings. The van der Waals surface area contributed by atoms with E-state index in [0.717, 1.165) is 56.1 Å². The Bertz CT molecular complexity index is 1170. The number of benzene rings is 1. The van der Waals surface area contributed by atoms with Gasteiger partial charge in [0.2, 0.25) is 11.8 Å². The highest BCUT2D eigenvalue weighted by molar-refractivity contribution is 6.03. The normalized spacial score (nSPS) is 15.6. The van der Waals surface area contributed by atoms with E-state index in [-0.39, 0.29) is 11.7 Å². The minimum Gasteiger partial charge on any atom is -0.493 e. The van der Waals surface area contributed by atoms with Gasteiger partial charge in [0.05, 0.1) is 31.8 Å². The Labute approximate surface area is 197 Å². The van der Waals surface area contributed by atoms with Gasteiger partial charge in [0.15, 0.2) is 11.5 Å². The molecule has 11 nitrogen and oxygen atoms in total. The second-order valence-corrected chi connectivity index (χ2v) is 8.22. The molecule has 5 rings (SSSR count). The monoisotopic (exact) mass is 464 g/mol. The van der Waals surface area contributed by atoms with Crippen molar-refractivity contribution in [1.82, 2.24) is 25.5 Å². The molecule has 0 unspecified atom stereocenters. The maximum atomic E-state index is 12.9. The number of aromatic nitrogens is 4. The molecule has 4 heterocycles. The molecule has 2 aliphatic heterocycles. The zero-order valence-electron chi connectivity index (χ0n) is 19.3. The molecule has 1 saturated heterocycles. The van der Waals surface area contributed by atoms with E-state index < -0.39 is 0 Å². The molecule has 178 valence electrons. The smallest absolute Gasteiger partial charge is 0.293 e. The fourth-order valence-corrected chi connectivity index (χ4v) is 4.40. The van der Waals surface area contributed by atoms with Gasteiger partial charge in [0.1, 0.15) is 0 Å². The van der Waals surface area contributed by atoms with Crippen LogP contribution in [0.4, 0.5) is 17.3 Å². The van der Waals surface area contributed by atoms with Crippen molar-refractivity contribution >= 4 is 23.2 Å². The Balaban J connectivity index is 1.30. The Kier molecular flexibility index (Phi) is 6.17. The number of carbonyl (C=O) groups is 1.